The van der Waals surface area contributed by atoms with Crippen LogP contribution in [0.1, 0.15) is 58.8 Å². The van der Waals surface area contributed by atoms with E-state index >= 15 is 0 Å². The summed E-state index contributed by atoms with van der Waals surface area (Å²) >= 11 is 0. The van der Waals surface area contributed by atoms with E-state index in [1.54, 1.807) is 0 Å². The molecule has 19 heavy (non-hydrogen) atoms. The van der Waals surface area contributed by atoms with Crippen LogP contribution >= 0.6 is 0 Å². The fraction of sp³-hybridized carbons (Fsp3) is 0.867. The van der Waals surface area contributed by atoms with Gasteiger partial charge in [-0.05, 0) is 24.7 Å². The number of carbonyl (C=O) groups excluding carboxylic acids is 1. The number of nitrogens with zero attached hydrogens (tertiary/aromatic N) is 1. The molecule has 1 heterocycles. The zero-order valence-corrected chi connectivity index (χ0v) is 12.1. The van der Waals surface area contributed by atoms with E-state index in [1.807, 2.05) is 4.90 Å². The quantitative estimate of drug-likeness (QED) is 0.855. The van der Waals surface area contributed by atoms with E-state index in [0.29, 0.717) is 12.8 Å². The Morgan fingerprint density at radius 3 is 2.21 bits per heavy atom. The van der Waals surface area contributed by atoms with Crippen molar-refractivity contribution in [1.82, 2.24) is 4.90 Å². The summed E-state index contributed by atoms with van der Waals surface area (Å²) in [5.74, 6) is -0.742. The Balaban J connectivity index is 2.02. The summed E-state index contributed by atoms with van der Waals surface area (Å²) in [5, 5.41) is 9.51. The van der Waals surface area contributed by atoms with Crippen LogP contribution in [0, 0.1) is 10.8 Å². The molecule has 1 N–H and O–H groups in total. The number of carbonyl (C=O) groups is 2. The van der Waals surface area contributed by atoms with Crippen molar-refractivity contribution in [2.24, 2.45) is 10.8 Å². The highest BCUT2D eigenvalue weighted by Gasteiger charge is 2.43. The highest BCUT2D eigenvalue weighted by atomic mass is 16.4. The molecule has 0 spiro atoms. The van der Waals surface area contributed by atoms with E-state index in [-0.39, 0.29) is 17.7 Å². The van der Waals surface area contributed by atoms with E-state index in [2.05, 4.69) is 13.8 Å². The monoisotopic (exact) mass is 267 g/mol. The Labute approximate surface area is 115 Å². The largest absolute Gasteiger partial charge is 0.481 e. The second-order valence-corrected chi connectivity index (χ2v) is 7.05. The lowest BCUT2D eigenvalue weighted by atomic mass is 9.71. The van der Waals surface area contributed by atoms with Gasteiger partial charge < -0.3 is 10.0 Å². The highest BCUT2D eigenvalue weighted by molar-refractivity contribution is 5.85. The molecule has 0 aromatic heterocycles. The third-order valence-electron chi connectivity index (χ3n) is 4.78. The van der Waals surface area contributed by atoms with Gasteiger partial charge in [-0.15, -0.1) is 0 Å². The third-order valence-corrected chi connectivity index (χ3v) is 4.78. The maximum Gasteiger partial charge on any atom is 0.310 e. The molecule has 0 atom stereocenters. The van der Waals surface area contributed by atoms with Crippen molar-refractivity contribution in [2.45, 2.75) is 58.8 Å². The summed E-state index contributed by atoms with van der Waals surface area (Å²) in [4.78, 5) is 25.8. The first-order valence-corrected chi connectivity index (χ1v) is 7.36. The van der Waals surface area contributed by atoms with E-state index in [0.717, 1.165) is 38.8 Å². The smallest absolute Gasteiger partial charge is 0.310 e. The molecule has 1 saturated carbocycles. The van der Waals surface area contributed by atoms with Crippen LogP contribution in [0.2, 0.25) is 0 Å². The number of carboxylic acids is 1. The molecule has 0 aromatic rings. The average molecular weight is 267 g/mol. The lowest BCUT2D eigenvalue weighted by molar-refractivity contribution is -0.155. The SMILES string of the molecule is CC1(C)CCN(C(=O)CC2(C(=O)O)CCCCC2)C1. The molecule has 4 nitrogen and oxygen atoms in total. The second-order valence-electron chi connectivity index (χ2n) is 7.05. The number of hydrogen-bond donors (Lipinski definition) is 1. The van der Waals surface area contributed by atoms with Gasteiger partial charge in [-0.1, -0.05) is 33.1 Å². The van der Waals surface area contributed by atoms with Crippen LogP contribution in [0.25, 0.3) is 0 Å². The van der Waals surface area contributed by atoms with Gasteiger partial charge in [0, 0.05) is 19.5 Å². The number of rotatable bonds is 3. The van der Waals surface area contributed by atoms with E-state index in [9.17, 15) is 14.7 Å². The van der Waals surface area contributed by atoms with Gasteiger partial charge in [0.2, 0.25) is 5.91 Å². The molecule has 1 aliphatic heterocycles. The molecule has 2 rings (SSSR count). The predicted molar refractivity (Wildman–Crippen MR) is 72.7 cm³/mol. The molecular weight excluding hydrogens is 242 g/mol. The van der Waals surface area contributed by atoms with Gasteiger partial charge in [-0.2, -0.15) is 0 Å². The summed E-state index contributed by atoms with van der Waals surface area (Å²) in [7, 11) is 0. The number of hydrogen-bond acceptors (Lipinski definition) is 2. The Kier molecular flexibility index (Phi) is 3.88. The Morgan fingerprint density at radius 2 is 1.74 bits per heavy atom. The molecule has 0 bridgehead atoms. The third kappa shape index (κ3) is 3.10. The zero-order valence-electron chi connectivity index (χ0n) is 12.1. The lowest BCUT2D eigenvalue weighted by Gasteiger charge is -2.34. The lowest BCUT2D eigenvalue weighted by Crippen LogP contribution is -2.40. The minimum atomic E-state index is -0.790. The van der Waals surface area contributed by atoms with Crippen molar-refractivity contribution in [3.8, 4) is 0 Å². The minimum Gasteiger partial charge on any atom is -0.481 e. The molecule has 1 aliphatic carbocycles. The molecule has 1 amide bonds. The van der Waals surface area contributed by atoms with Crippen molar-refractivity contribution in [1.29, 1.82) is 0 Å². The van der Waals surface area contributed by atoms with Gasteiger partial charge in [0.05, 0.1) is 5.41 Å². The first-order chi connectivity index (χ1) is 8.85. The van der Waals surface area contributed by atoms with Crippen LogP contribution in [0.4, 0.5) is 0 Å². The summed E-state index contributed by atoms with van der Waals surface area (Å²) in [6.45, 7) is 5.87. The summed E-state index contributed by atoms with van der Waals surface area (Å²) in [6.07, 6.45) is 5.49. The van der Waals surface area contributed by atoms with Gasteiger partial charge in [0.15, 0.2) is 0 Å². The molecule has 1 saturated heterocycles. The zero-order chi connectivity index (χ0) is 14.1. The van der Waals surface area contributed by atoms with Crippen LogP contribution in [0.3, 0.4) is 0 Å². The minimum absolute atomic E-state index is 0.0369. The van der Waals surface area contributed by atoms with Crippen LogP contribution in [0.5, 0.6) is 0 Å². The van der Waals surface area contributed by atoms with Gasteiger partial charge in [0.1, 0.15) is 0 Å². The molecule has 0 aromatic carbocycles. The molecule has 0 unspecified atom stereocenters. The number of amides is 1. The fourth-order valence-corrected chi connectivity index (χ4v) is 3.42. The normalized spacial score (nSPS) is 25.3. The summed E-state index contributed by atoms with van der Waals surface area (Å²) in [5.41, 5.74) is -0.610. The first kappa shape index (κ1) is 14.4. The van der Waals surface area contributed by atoms with Crippen molar-refractivity contribution < 1.29 is 14.7 Å². The van der Waals surface area contributed by atoms with Gasteiger partial charge in [0.25, 0.3) is 0 Å². The van der Waals surface area contributed by atoms with Crippen molar-refractivity contribution >= 4 is 11.9 Å². The van der Waals surface area contributed by atoms with Crippen LogP contribution < -0.4 is 0 Å². The van der Waals surface area contributed by atoms with E-state index in [4.69, 9.17) is 0 Å². The fourth-order valence-electron chi connectivity index (χ4n) is 3.42. The van der Waals surface area contributed by atoms with E-state index in [1.165, 1.54) is 0 Å². The molecule has 0 radical (unpaired) electrons. The molecular formula is C15H25NO3. The Bertz CT molecular complexity index is 370. The molecule has 4 heteroatoms. The van der Waals surface area contributed by atoms with Crippen LogP contribution in [-0.4, -0.2) is 35.0 Å². The Morgan fingerprint density at radius 1 is 1.11 bits per heavy atom. The number of likely N-dealkylation sites (tertiary alicyclic amines) is 1. The maximum absolute atomic E-state index is 12.4. The van der Waals surface area contributed by atoms with Crippen molar-refractivity contribution in [3.63, 3.8) is 0 Å². The second kappa shape index (κ2) is 5.14. The topological polar surface area (TPSA) is 57.6 Å². The maximum atomic E-state index is 12.4. The van der Waals surface area contributed by atoms with Gasteiger partial charge in [-0.25, -0.2) is 0 Å². The molecule has 2 aliphatic rings. The molecule has 108 valence electrons. The van der Waals surface area contributed by atoms with Crippen molar-refractivity contribution in [2.75, 3.05) is 13.1 Å². The molecule has 2 fully saturated rings. The summed E-state index contributed by atoms with van der Waals surface area (Å²) < 4.78 is 0. The number of aliphatic carboxylic acids is 1. The standard InChI is InChI=1S/C15H25NO3/c1-14(2)8-9-16(11-14)12(17)10-15(13(18)19)6-4-3-5-7-15/h3-11H2,1-2H3,(H,18,19). The van der Waals surface area contributed by atoms with Crippen LogP contribution in [0.15, 0.2) is 0 Å². The first-order valence-electron chi connectivity index (χ1n) is 7.36. The Hall–Kier alpha value is -1.06. The summed E-state index contributed by atoms with van der Waals surface area (Å²) in [6, 6.07) is 0. The van der Waals surface area contributed by atoms with E-state index < -0.39 is 11.4 Å². The van der Waals surface area contributed by atoms with Crippen LogP contribution in [-0.2, 0) is 9.59 Å². The average Bonchev–Trinajstić information content (AvgIpc) is 2.71. The van der Waals surface area contributed by atoms with Gasteiger partial charge in [-0.3, -0.25) is 9.59 Å². The van der Waals surface area contributed by atoms with Crippen molar-refractivity contribution in [3.05, 3.63) is 0 Å². The number of carboxylic acid groups (broad SMARTS) is 1. The predicted octanol–water partition coefficient (Wildman–Crippen LogP) is 2.67. The van der Waals surface area contributed by atoms with Gasteiger partial charge >= 0.3 is 5.97 Å². The highest BCUT2D eigenvalue weighted by Crippen LogP contribution is 2.41.